The Kier molecular flexibility index (Phi) is 8.76. The number of anilines is 1. The van der Waals surface area contributed by atoms with Crippen LogP contribution in [0.1, 0.15) is 23.1 Å². The van der Waals surface area contributed by atoms with Gasteiger partial charge in [-0.15, -0.1) is 0 Å². The molecule has 1 N–H and O–H groups in total. The number of halogens is 4. The molecule has 1 fully saturated rings. The molecule has 32 heavy (non-hydrogen) atoms. The minimum absolute atomic E-state index is 0.0224. The van der Waals surface area contributed by atoms with E-state index in [9.17, 15) is 13.2 Å². The SMILES string of the molecule is Cc1ccc(CN(CCCN2CCOCC2)C(=S)Nc2ccc(C(F)(F)F)cc2Cl)cc1. The summed E-state index contributed by atoms with van der Waals surface area (Å²) >= 11 is 11.7. The number of benzene rings is 2. The van der Waals surface area contributed by atoms with Crippen molar-refractivity contribution < 1.29 is 17.9 Å². The quantitative estimate of drug-likeness (QED) is 0.516. The first-order valence-electron chi connectivity index (χ1n) is 10.5. The lowest BCUT2D eigenvalue weighted by molar-refractivity contribution is -0.137. The number of ether oxygens (including phenoxy) is 1. The van der Waals surface area contributed by atoms with E-state index >= 15 is 0 Å². The van der Waals surface area contributed by atoms with Crippen LogP contribution in [0.25, 0.3) is 0 Å². The van der Waals surface area contributed by atoms with Gasteiger partial charge in [-0.25, -0.2) is 0 Å². The molecule has 1 heterocycles. The molecule has 9 heteroatoms. The van der Waals surface area contributed by atoms with E-state index < -0.39 is 11.7 Å². The zero-order valence-electron chi connectivity index (χ0n) is 17.9. The van der Waals surface area contributed by atoms with Gasteiger partial charge in [-0.3, -0.25) is 4.90 Å². The summed E-state index contributed by atoms with van der Waals surface area (Å²) in [5.74, 6) is 0. The molecule has 0 atom stereocenters. The fourth-order valence-corrected chi connectivity index (χ4v) is 3.96. The van der Waals surface area contributed by atoms with E-state index in [-0.39, 0.29) is 5.02 Å². The lowest BCUT2D eigenvalue weighted by Crippen LogP contribution is -2.40. The van der Waals surface area contributed by atoms with Gasteiger partial charge in [0.1, 0.15) is 0 Å². The third-order valence-corrected chi connectivity index (χ3v) is 6.00. The van der Waals surface area contributed by atoms with Gasteiger partial charge in [-0.2, -0.15) is 13.2 Å². The van der Waals surface area contributed by atoms with Gasteiger partial charge in [0.05, 0.1) is 29.5 Å². The molecule has 1 saturated heterocycles. The van der Waals surface area contributed by atoms with Gasteiger partial charge in [0.15, 0.2) is 5.11 Å². The maximum atomic E-state index is 12.9. The van der Waals surface area contributed by atoms with Gasteiger partial charge in [0, 0.05) is 32.7 Å². The highest BCUT2D eigenvalue weighted by atomic mass is 35.5. The summed E-state index contributed by atoms with van der Waals surface area (Å²) in [6.45, 7) is 7.59. The molecule has 2 aromatic carbocycles. The number of nitrogens with one attached hydrogen (secondary N) is 1. The Morgan fingerprint density at radius 2 is 1.84 bits per heavy atom. The average molecular weight is 486 g/mol. The maximum absolute atomic E-state index is 12.9. The first-order valence-corrected chi connectivity index (χ1v) is 11.3. The average Bonchev–Trinajstić information content (AvgIpc) is 2.76. The fraction of sp³-hybridized carbons (Fsp3) is 0.435. The van der Waals surface area contributed by atoms with Gasteiger partial charge in [-0.05, 0) is 49.3 Å². The molecule has 1 aliphatic heterocycles. The van der Waals surface area contributed by atoms with E-state index in [2.05, 4.69) is 22.3 Å². The molecule has 2 aromatic rings. The second kappa shape index (κ2) is 11.3. The monoisotopic (exact) mass is 485 g/mol. The second-order valence-electron chi connectivity index (χ2n) is 7.84. The fourth-order valence-electron chi connectivity index (χ4n) is 3.46. The van der Waals surface area contributed by atoms with Gasteiger partial charge >= 0.3 is 6.18 Å². The molecule has 174 valence electrons. The first kappa shape index (κ1) is 24.8. The van der Waals surface area contributed by atoms with Crippen molar-refractivity contribution in [3.05, 3.63) is 64.2 Å². The molecule has 0 bridgehead atoms. The molecule has 4 nitrogen and oxygen atoms in total. The van der Waals surface area contributed by atoms with Crippen LogP contribution in [0.4, 0.5) is 18.9 Å². The molecular weight excluding hydrogens is 459 g/mol. The van der Waals surface area contributed by atoms with E-state index in [1.807, 2.05) is 24.0 Å². The van der Waals surface area contributed by atoms with E-state index in [4.69, 9.17) is 28.6 Å². The molecular formula is C23H27ClF3N3OS. The number of alkyl halides is 3. The maximum Gasteiger partial charge on any atom is 0.416 e. The summed E-state index contributed by atoms with van der Waals surface area (Å²) < 4.78 is 44.2. The Morgan fingerprint density at radius 3 is 2.47 bits per heavy atom. The highest BCUT2D eigenvalue weighted by molar-refractivity contribution is 7.80. The van der Waals surface area contributed by atoms with Crippen LogP contribution in [0.2, 0.25) is 5.02 Å². The largest absolute Gasteiger partial charge is 0.416 e. The molecule has 0 aromatic heterocycles. The van der Waals surface area contributed by atoms with Crippen LogP contribution in [0, 0.1) is 6.92 Å². The number of hydrogen-bond donors (Lipinski definition) is 1. The third-order valence-electron chi connectivity index (χ3n) is 5.33. The van der Waals surface area contributed by atoms with Crippen molar-refractivity contribution in [1.82, 2.24) is 9.80 Å². The van der Waals surface area contributed by atoms with E-state index in [1.165, 1.54) is 11.6 Å². The summed E-state index contributed by atoms with van der Waals surface area (Å²) in [5, 5.41) is 3.44. The van der Waals surface area contributed by atoms with E-state index in [0.29, 0.717) is 23.9 Å². The van der Waals surface area contributed by atoms with Crippen LogP contribution >= 0.6 is 23.8 Å². The smallest absolute Gasteiger partial charge is 0.379 e. The molecule has 0 radical (unpaired) electrons. The Morgan fingerprint density at radius 1 is 1.16 bits per heavy atom. The van der Waals surface area contributed by atoms with Crippen LogP contribution in [-0.2, 0) is 17.5 Å². The molecule has 0 aliphatic carbocycles. The standard InChI is InChI=1S/C23H27ClF3N3OS/c1-17-3-5-18(6-4-17)16-30(10-2-9-29-11-13-31-14-12-29)22(32)28-21-8-7-19(15-20(21)24)23(25,26)27/h3-8,15H,2,9-14,16H2,1H3,(H,28,32). The van der Waals surface area contributed by atoms with Crippen LogP contribution in [0.15, 0.2) is 42.5 Å². The minimum atomic E-state index is -4.44. The summed E-state index contributed by atoms with van der Waals surface area (Å²) in [4.78, 5) is 4.38. The van der Waals surface area contributed by atoms with Crippen molar-refractivity contribution >= 4 is 34.6 Å². The van der Waals surface area contributed by atoms with E-state index in [0.717, 1.165) is 57.0 Å². The normalized spacial score (nSPS) is 14.9. The molecule has 0 amide bonds. The van der Waals surface area contributed by atoms with Crippen molar-refractivity contribution in [3.63, 3.8) is 0 Å². The molecule has 0 saturated carbocycles. The van der Waals surface area contributed by atoms with Gasteiger partial charge < -0.3 is 15.0 Å². The summed E-state index contributed by atoms with van der Waals surface area (Å²) in [5.41, 5.74) is 1.84. The molecule has 0 spiro atoms. The Hall–Kier alpha value is -1.87. The van der Waals surface area contributed by atoms with E-state index in [1.54, 1.807) is 0 Å². The van der Waals surface area contributed by atoms with Crippen molar-refractivity contribution in [2.75, 3.05) is 44.7 Å². The number of aryl methyl sites for hydroxylation is 1. The Labute approximate surface area is 197 Å². The third kappa shape index (κ3) is 7.33. The highest BCUT2D eigenvalue weighted by Crippen LogP contribution is 2.33. The number of morpholine rings is 1. The zero-order valence-corrected chi connectivity index (χ0v) is 19.5. The Bertz CT molecular complexity index is 902. The van der Waals surface area contributed by atoms with Crippen molar-refractivity contribution in [2.24, 2.45) is 0 Å². The van der Waals surface area contributed by atoms with Gasteiger partial charge in [0.25, 0.3) is 0 Å². The van der Waals surface area contributed by atoms with Crippen molar-refractivity contribution in [1.29, 1.82) is 0 Å². The molecule has 3 rings (SSSR count). The zero-order chi connectivity index (χ0) is 23.1. The van der Waals surface area contributed by atoms with Gasteiger partial charge in [-0.1, -0.05) is 41.4 Å². The lowest BCUT2D eigenvalue weighted by Gasteiger charge is -2.30. The van der Waals surface area contributed by atoms with Crippen LogP contribution < -0.4 is 5.32 Å². The first-order chi connectivity index (χ1) is 15.2. The molecule has 1 aliphatic rings. The summed E-state index contributed by atoms with van der Waals surface area (Å²) in [6.07, 6.45) is -3.55. The summed E-state index contributed by atoms with van der Waals surface area (Å²) in [7, 11) is 0. The predicted molar refractivity (Wildman–Crippen MR) is 126 cm³/mol. The highest BCUT2D eigenvalue weighted by Gasteiger charge is 2.31. The predicted octanol–water partition coefficient (Wildman–Crippen LogP) is 5.59. The number of nitrogens with zero attached hydrogens (tertiary/aromatic N) is 2. The topological polar surface area (TPSA) is 27.7 Å². The van der Waals surface area contributed by atoms with Crippen LogP contribution in [0.5, 0.6) is 0 Å². The lowest BCUT2D eigenvalue weighted by atomic mass is 10.1. The number of thiocarbonyl (C=S) groups is 1. The minimum Gasteiger partial charge on any atom is -0.379 e. The second-order valence-corrected chi connectivity index (χ2v) is 8.63. The van der Waals surface area contributed by atoms with Crippen LogP contribution in [0.3, 0.4) is 0 Å². The number of rotatable bonds is 7. The van der Waals surface area contributed by atoms with Crippen molar-refractivity contribution in [2.45, 2.75) is 26.1 Å². The Balaban J connectivity index is 1.67. The van der Waals surface area contributed by atoms with Crippen LogP contribution in [-0.4, -0.2) is 54.3 Å². The number of hydrogen-bond acceptors (Lipinski definition) is 3. The van der Waals surface area contributed by atoms with Crippen molar-refractivity contribution in [3.8, 4) is 0 Å². The van der Waals surface area contributed by atoms with Gasteiger partial charge in [0.2, 0.25) is 0 Å². The summed E-state index contributed by atoms with van der Waals surface area (Å²) in [6, 6.07) is 11.4. The molecule has 0 unspecified atom stereocenters.